The summed E-state index contributed by atoms with van der Waals surface area (Å²) in [6, 6.07) is 3.62. The maximum absolute atomic E-state index is 13.4. The third kappa shape index (κ3) is 4.19. The Morgan fingerprint density at radius 1 is 1.52 bits per heavy atom. The number of halogens is 1. The minimum Gasteiger partial charge on any atom is -0.494 e. The monoisotopic (exact) mass is 322 g/mol. The second-order valence-electron chi connectivity index (χ2n) is 4.88. The van der Waals surface area contributed by atoms with Gasteiger partial charge in [-0.2, -0.15) is 0 Å². The maximum atomic E-state index is 13.4. The summed E-state index contributed by atoms with van der Waals surface area (Å²) >= 11 is 0. The van der Waals surface area contributed by atoms with Gasteiger partial charge in [0.2, 0.25) is 0 Å². The van der Waals surface area contributed by atoms with Gasteiger partial charge < -0.3 is 24.6 Å². The van der Waals surface area contributed by atoms with Crippen LogP contribution >= 0.6 is 0 Å². The van der Waals surface area contributed by atoms with E-state index in [9.17, 15) is 9.18 Å². The van der Waals surface area contributed by atoms with Gasteiger partial charge in [-0.25, -0.2) is 14.2 Å². The zero-order chi connectivity index (χ0) is 16.8. The molecule has 2 amide bonds. The Morgan fingerprint density at radius 2 is 2.30 bits per heavy atom. The maximum Gasteiger partial charge on any atom is 0.322 e. The first-order valence-corrected chi connectivity index (χ1v) is 7.01. The highest BCUT2D eigenvalue weighted by Gasteiger charge is 2.16. The number of nitrogens with zero attached hydrogens (tertiary/aromatic N) is 3. The predicted octanol–water partition coefficient (Wildman–Crippen LogP) is 1.59. The van der Waals surface area contributed by atoms with E-state index >= 15 is 0 Å². The molecule has 0 saturated carbocycles. The van der Waals surface area contributed by atoms with Crippen molar-refractivity contribution in [1.82, 2.24) is 14.5 Å². The number of rotatable bonds is 6. The van der Waals surface area contributed by atoms with Gasteiger partial charge in [-0.1, -0.05) is 0 Å². The Bertz CT molecular complexity index is 674. The molecule has 2 rings (SSSR count). The number of carbonyl (C=O) groups excluding carboxylic acids is 1. The van der Waals surface area contributed by atoms with E-state index in [2.05, 4.69) is 10.3 Å². The van der Waals surface area contributed by atoms with Crippen LogP contribution in [0.15, 0.2) is 30.6 Å². The van der Waals surface area contributed by atoms with Gasteiger partial charge in [-0.05, 0) is 12.1 Å². The number of methoxy groups -OCH3 is 1. The van der Waals surface area contributed by atoms with E-state index in [1.165, 1.54) is 30.2 Å². The molecule has 0 radical (unpaired) electrons. The summed E-state index contributed by atoms with van der Waals surface area (Å²) in [5.41, 5.74) is 0.399. The zero-order valence-corrected chi connectivity index (χ0v) is 13.0. The number of urea groups is 1. The summed E-state index contributed by atoms with van der Waals surface area (Å²) in [7, 11) is 3.17. The second kappa shape index (κ2) is 7.59. The number of aliphatic hydroxyl groups excluding tert-OH is 1. The molecule has 2 N–H and O–H groups in total. The van der Waals surface area contributed by atoms with Gasteiger partial charge in [-0.15, -0.1) is 0 Å². The van der Waals surface area contributed by atoms with E-state index in [1.807, 2.05) is 7.05 Å². The van der Waals surface area contributed by atoms with Crippen LogP contribution < -0.4 is 10.1 Å². The fraction of sp³-hybridized carbons (Fsp3) is 0.333. The van der Waals surface area contributed by atoms with Crippen molar-refractivity contribution >= 4 is 11.7 Å². The molecule has 1 heterocycles. The summed E-state index contributed by atoms with van der Waals surface area (Å²) < 4.78 is 20.1. The first kappa shape index (κ1) is 16.8. The number of amides is 2. The molecule has 0 saturated heterocycles. The standard InChI is InChI=1S/C15H19FN4O3/c1-19-6-5-17-14(19)10-20(7-8-21)15(22)18-11-3-4-12(16)13(9-11)23-2/h3-6,9,21H,7-8,10H2,1-2H3,(H,18,22). The first-order chi connectivity index (χ1) is 11.0. The number of imidazole rings is 1. The lowest BCUT2D eigenvalue weighted by atomic mass is 10.3. The number of aryl methyl sites for hydroxylation is 1. The van der Waals surface area contributed by atoms with Crippen molar-refractivity contribution < 1.29 is 19.0 Å². The molecule has 8 heteroatoms. The third-order valence-electron chi connectivity index (χ3n) is 3.31. The molecule has 2 aromatic rings. The molecule has 124 valence electrons. The molecule has 0 spiro atoms. The van der Waals surface area contributed by atoms with Crippen molar-refractivity contribution in [1.29, 1.82) is 0 Å². The molecule has 0 fully saturated rings. The van der Waals surface area contributed by atoms with Crippen molar-refractivity contribution in [3.63, 3.8) is 0 Å². The van der Waals surface area contributed by atoms with Gasteiger partial charge in [-0.3, -0.25) is 0 Å². The fourth-order valence-corrected chi connectivity index (χ4v) is 2.03. The normalized spacial score (nSPS) is 10.4. The molecule has 0 bridgehead atoms. The first-order valence-electron chi connectivity index (χ1n) is 7.01. The Kier molecular flexibility index (Phi) is 5.53. The van der Waals surface area contributed by atoms with Crippen molar-refractivity contribution in [2.45, 2.75) is 6.54 Å². The van der Waals surface area contributed by atoms with E-state index < -0.39 is 11.8 Å². The highest BCUT2D eigenvalue weighted by molar-refractivity contribution is 5.89. The number of ether oxygens (including phenoxy) is 1. The van der Waals surface area contributed by atoms with Crippen LogP contribution in [-0.4, -0.2) is 45.9 Å². The predicted molar refractivity (Wildman–Crippen MR) is 82.7 cm³/mol. The van der Waals surface area contributed by atoms with Crippen LogP contribution in [0.4, 0.5) is 14.9 Å². The average molecular weight is 322 g/mol. The summed E-state index contributed by atoms with van der Waals surface area (Å²) in [5, 5.41) is 11.8. The number of nitrogens with one attached hydrogen (secondary N) is 1. The van der Waals surface area contributed by atoms with Crippen molar-refractivity contribution in [3.8, 4) is 5.75 Å². The highest BCUT2D eigenvalue weighted by atomic mass is 19.1. The van der Waals surface area contributed by atoms with E-state index in [4.69, 9.17) is 9.84 Å². The fourth-order valence-electron chi connectivity index (χ4n) is 2.03. The SMILES string of the molecule is COc1cc(NC(=O)N(CCO)Cc2nccn2C)ccc1F. The van der Waals surface area contributed by atoms with Crippen LogP contribution in [-0.2, 0) is 13.6 Å². The minimum absolute atomic E-state index is 0.0422. The van der Waals surface area contributed by atoms with E-state index in [0.29, 0.717) is 11.5 Å². The Morgan fingerprint density at radius 3 is 2.91 bits per heavy atom. The largest absolute Gasteiger partial charge is 0.494 e. The third-order valence-corrected chi connectivity index (χ3v) is 3.31. The Hall–Kier alpha value is -2.61. The molecule has 7 nitrogen and oxygen atoms in total. The lowest BCUT2D eigenvalue weighted by molar-refractivity contribution is 0.183. The number of hydrogen-bond acceptors (Lipinski definition) is 4. The topological polar surface area (TPSA) is 79.6 Å². The summed E-state index contributed by atoms with van der Waals surface area (Å²) in [5.74, 6) is 0.219. The van der Waals surface area contributed by atoms with Crippen LogP contribution in [0.25, 0.3) is 0 Å². The van der Waals surface area contributed by atoms with Gasteiger partial charge in [0.15, 0.2) is 11.6 Å². The van der Waals surface area contributed by atoms with Gasteiger partial charge in [0, 0.05) is 37.7 Å². The van der Waals surface area contributed by atoms with Crippen LogP contribution in [0.3, 0.4) is 0 Å². The lowest BCUT2D eigenvalue weighted by Gasteiger charge is -2.22. The Labute approximate surface area is 133 Å². The molecular weight excluding hydrogens is 303 g/mol. The molecule has 0 aliphatic carbocycles. The van der Waals surface area contributed by atoms with Crippen molar-refractivity contribution in [2.75, 3.05) is 25.6 Å². The molecule has 1 aromatic heterocycles. The summed E-state index contributed by atoms with van der Waals surface area (Å²) in [4.78, 5) is 17.9. The molecular formula is C15H19FN4O3. The highest BCUT2D eigenvalue weighted by Crippen LogP contribution is 2.21. The van der Waals surface area contributed by atoms with E-state index in [-0.39, 0.29) is 25.4 Å². The van der Waals surface area contributed by atoms with Crippen LogP contribution in [0, 0.1) is 5.82 Å². The number of anilines is 1. The lowest BCUT2D eigenvalue weighted by Crippen LogP contribution is -2.37. The smallest absolute Gasteiger partial charge is 0.322 e. The number of hydrogen-bond donors (Lipinski definition) is 2. The van der Waals surface area contributed by atoms with Gasteiger partial charge in [0.05, 0.1) is 20.3 Å². The number of benzene rings is 1. The number of carbonyl (C=O) groups is 1. The molecule has 0 atom stereocenters. The average Bonchev–Trinajstić information content (AvgIpc) is 2.94. The van der Waals surface area contributed by atoms with Crippen LogP contribution in [0.5, 0.6) is 5.75 Å². The number of aromatic nitrogens is 2. The number of aliphatic hydroxyl groups is 1. The van der Waals surface area contributed by atoms with Crippen molar-refractivity contribution in [2.24, 2.45) is 7.05 Å². The summed E-state index contributed by atoms with van der Waals surface area (Å²) in [6.07, 6.45) is 3.41. The zero-order valence-electron chi connectivity index (χ0n) is 13.0. The van der Waals surface area contributed by atoms with Gasteiger partial charge >= 0.3 is 6.03 Å². The summed E-state index contributed by atoms with van der Waals surface area (Å²) in [6.45, 7) is 0.218. The molecule has 0 aliphatic rings. The van der Waals surface area contributed by atoms with Crippen LogP contribution in [0.2, 0.25) is 0 Å². The second-order valence-corrected chi connectivity index (χ2v) is 4.88. The van der Waals surface area contributed by atoms with E-state index in [0.717, 1.165) is 0 Å². The van der Waals surface area contributed by atoms with E-state index in [1.54, 1.807) is 17.0 Å². The van der Waals surface area contributed by atoms with Crippen molar-refractivity contribution in [3.05, 3.63) is 42.2 Å². The quantitative estimate of drug-likeness (QED) is 0.846. The molecule has 0 unspecified atom stereocenters. The molecule has 23 heavy (non-hydrogen) atoms. The Balaban J connectivity index is 2.10. The van der Waals surface area contributed by atoms with Gasteiger partial charge in [0.1, 0.15) is 5.82 Å². The minimum atomic E-state index is -0.509. The van der Waals surface area contributed by atoms with Crippen LogP contribution in [0.1, 0.15) is 5.82 Å². The molecule has 0 aliphatic heterocycles. The molecule has 1 aromatic carbocycles. The van der Waals surface area contributed by atoms with Gasteiger partial charge in [0.25, 0.3) is 0 Å².